The molecule has 28 heavy (non-hydrogen) atoms. The summed E-state index contributed by atoms with van der Waals surface area (Å²) in [5.41, 5.74) is 1.03. The van der Waals surface area contributed by atoms with Gasteiger partial charge in [0.25, 0.3) is 0 Å². The van der Waals surface area contributed by atoms with Crippen LogP contribution in [0.2, 0.25) is 0 Å². The zero-order valence-electron chi connectivity index (χ0n) is 16.2. The second kappa shape index (κ2) is 9.98. The minimum atomic E-state index is -0.161. The van der Waals surface area contributed by atoms with Crippen molar-refractivity contribution in [3.8, 4) is 0 Å². The van der Waals surface area contributed by atoms with E-state index in [1.807, 2.05) is 30.3 Å². The molecule has 1 aliphatic heterocycles. The van der Waals surface area contributed by atoms with Crippen LogP contribution in [0.1, 0.15) is 31.7 Å². The molecule has 0 saturated carbocycles. The molecule has 0 bridgehead atoms. The van der Waals surface area contributed by atoms with Crippen LogP contribution in [0, 0.1) is 11.8 Å². The number of benzene rings is 1. The fourth-order valence-electron chi connectivity index (χ4n) is 3.48. The lowest BCUT2D eigenvalue weighted by Gasteiger charge is -2.27. The molecule has 0 radical (unpaired) electrons. The summed E-state index contributed by atoms with van der Waals surface area (Å²) in [4.78, 5) is 28.4. The molecule has 1 aromatic heterocycles. The Morgan fingerprint density at radius 1 is 1.21 bits per heavy atom. The maximum Gasteiger partial charge on any atom is 0.248 e. The lowest BCUT2D eigenvalue weighted by atomic mass is 9.84. The summed E-state index contributed by atoms with van der Waals surface area (Å²) in [5, 5.41) is 13.1. The number of anilines is 1. The number of rotatable bonds is 8. The highest BCUT2D eigenvalue weighted by Gasteiger charge is 2.22. The number of carbonyl (C=O) groups excluding carboxylic acids is 2. The van der Waals surface area contributed by atoms with Crippen molar-refractivity contribution in [1.82, 2.24) is 25.4 Å². The number of nitrogens with zero attached hydrogens (tertiary/aromatic N) is 3. The van der Waals surface area contributed by atoms with Gasteiger partial charge in [-0.1, -0.05) is 37.3 Å². The molecule has 3 N–H and O–H groups in total. The molecular formula is C20H28N6O2. The van der Waals surface area contributed by atoms with E-state index in [2.05, 4.69) is 33.0 Å². The van der Waals surface area contributed by atoms with Crippen molar-refractivity contribution in [2.24, 2.45) is 11.8 Å². The first-order valence-corrected chi connectivity index (χ1v) is 9.81. The Kier molecular flexibility index (Phi) is 7.13. The third-order valence-corrected chi connectivity index (χ3v) is 5.12. The number of hydrogen-bond donors (Lipinski definition) is 3. The van der Waals surface area contributed by atoms with E-state index in [1.54, 1.807) is 0 Å². The molecule has 0 aliphatic carbocycles. The van der Waals surface area contributed by atoms with Crippen LogP contribution in [0.3, 0.4) is 0 Å². The monoisotopic (exact) mass is 384 g/mol. The van der Waals surface area contributed by atoms with Gasteiger partial charge in [-0.05, 0) is 43.3 Å². The van der Waals surface area contributed by atoms with E-state index in [0.717, 1.165) is 31.5 Å². The maximum absolute atomic E-state index is 12.3. The quantitative estimate of drug-likeness (QED) is 0.641. The summed E-state index contributed by atoms with van der Waals surface area (Å²) in [6.07, 6.45) is 4.13. The van der Waals surface area contributed by atoms with Crippen molar-refractivity contribution in [2.45, 2.75) is 39.3 Å². The fourth-order valence-corrected chi connectivity index (χ4v) is 3.48. The normalized spacial score (nSPS) is 15.8. The highest BCUT2D eigenvalue weighted by atomic mass is 16.2. The predicted octanol–water partition coefficient (Wildman–Crippen LogP) is 1.56. The van der Waals surface area contributed by atoms with Crippen LogP contribution in [-0.2, 0) is 22.7 Å². The van der Waals surface area contributed by atoms with Gasteiger partial charge in [-0.25, -0.2) is 9.67 Å². The fraction of sp³-hybridized carbons (Fsp3) is 0.500. The zero-order chi connectivity index (χ0) is 19.8. The minimum Gasteiger partial charge on any atom is -0.350 e. The lowest BCUT2D eigenvalue weighted by Crippen LogP contribution is -2.32. The van der Waals surface area contributed by atoms with Crippen LogP contribution in [-0.4, -0.2) is 39.7 Å². The van der Waals surface area contributed by atoms with Gasteiger partial charge in [0, 0.05) is 13.0 Å². The Hall–Kier alpha value is -2.74. The van der Waals surface area contributed by atoms with Crippen molar-refractivity contribution < 1.29 is 9.59 Å². The van der Waals surface area contributed by atoms with Crippen LogP contribution >= 0.6 is 0 Å². The van der Waals surface area contributed by atoms with Crippen LogP contribution in [0.5, 0.6) is 0 Å². The van der Waals surface area contributed by atoms with Crippen molar-refractivity contribution in [1.29, 1.82) is 0 Å². The van der Waals surface area contributed by atoms with Crippen LogP contribution in [0.4, 0.5) is 5.95 Å². The molecule has 1 aliphatic rings. The second-order valence-electron chi connectivity index (χ2n) is 7.35. The SMILES string of the molecule is CC(CC(=O)Nc1ncn(CC(=O)NCc2ccccc2)n1)C1CCNCC1. The Labute approximate surface area is 165 Å². The highest BCUT2D eigenvalue weighted by molar-refractivity contribution is 5.89. The van der Waals surface area contributed by atoms with E-state index in [1.165, 1.54) is 11.0 Å². The van der Waals surface area contributed by atoms with Crippen molar-refractivity contribution in [2.75, 3.05) is 18.4 Å². The summed E-state index contributed by atoms with van der Waals surface area (Å²) in [7, 11) is 0. The zero-order valence-corrected chi connectivity index (χ0v) is 16.2. The largest absolute Gasteiger partial charge is 0.350 e. The molecule has 2 heterocycles. The molecule has 1 unspecified atom stereocenters. The van der Waals surface area contributed by atoms with Crippen LogP contribution in [0.15, 0.2) is 36.7 Å². The first-order chi connectivity index (χ1) is 13.6. The van der Waals surface area contributed by atoms with E-state index in [9.17, 15) is 9.59 Å². The Morgan fingerprint density at radius 2 is 1.96 bits per heavy atom. The average molecular weight is 384 g/mol. The number of amides is 2. The molecule has 2 amide bonds. The maximum atomic E-state index is 12.3. The summed E-state index contributed by atoms with van der Waals surface area (Å²) < 4.78 is 1.42. The third kappa shape index (κ3) is 6.16. The van der Waals surface area contributed by atoms with Crippen molar-refractivity contribution in [3.63, 3.8) is 0 Å². The van der Waals surface area contributed by atoms with E-state index in [0.29, 0.717) is 24.8 Å². The lowest BCUT2D eigenvalue weighted by molar-refractivity contribution is -0.122. The summed E-state index contributed by atoms with van der Waals surface area (Å²) in [5.74, 6) is 0.889. The van der Waals surface area contributed by atoms with E-state index < -0.39 is 0 Å². The molecule has 1 saturated heterocycles. The molecular weight excluding hydrogens is 356 g/mol. The van der Waals surface area contributed by atoms with Crippen molar-refractivity contribution >= 4 is 17.8 Å². The topological polar surface area (TPSA) is 101 Å². The van der Waals surface area contributed by atoms with Gasteiger partial charge in [0.15, 0.2) is 0 Å². The number of nitrogens with one attached hydrogen (secondary N) is 3. The Morgan fingerprint density at radius 3 is 2.71 bits per heavy atom. The average Bonchev–Trinajstić information content (AvgIpc) is 3.14. The molecule has 150 valence electrons. The number of carbonyl (C=O) groups is 2. The molecule has 3 rings (SSSR count). The minimum absolute atomic E-state index is 0.0567. The second-order valence-corrected chi connectivity index (χ2v) is 7.35. The van der Waals surface area contributed by atoms with Crippen LogP contribution < -0.4 is 16.0 Å². The van der Waals surface area contributed by atoms with Gasteiger partial charge in [-0.15, -0.1) is 5.10 Å². The smallest absolute Gasteiger partial charge is 0.248 e. The molecule has 2 aromatic rings. The third-order valence-electron chi connectivity index (χ3n) is 5.12. The van der Waals surface area contributed by atoms with Gasteiger partial charge in [-0.2, -0.15) is 0 Å². The van der Waals surface area contributed by atoms with E-state index in [-0.39, 0.29) is 24.3 Å². The number of hydrogen-bond acceptors (Lipinski definition) is 5. The molecule has 0 spiro atoms. The number of piperidine rings is 1. The summed E-state index contributed by atoms with van der Waals surface area (Å²) in [6, 6.07) is 9.70. The van der Waals surface area contributed by atoms with Crippen molar-refractivity contribution in [3.05, 3.63) is 42.2 Å². The first-order valence-electron chi connectivity index (χ1n) is 9.81. The van der Waals surface area contributed by atoms with Crippen LogP contribution in [0.25, 0.3) is 0 Å². The van der Waals surface area contributed by atoms with Gasteiger partial charge >= 0.3 is 0 Å². The molecule has 8 heteroatoms. The van der Waals surface area contributed by atoms with Gasteiger partial charge in [-0.3, -0.25) is 14.9 Å². The van der Waals surface area contributed by atoms with E-state index in [4.69, 9.17) is 0 Å². The molecule has 8 nitrogen and oxygen atoms in total. The molecule has 1 aromatic carbocycles. The van der Waals surface area contributed by atoms with Gasteiger partial charge in [0.1, 0.15) is 12.9 Å². The standard InChI is InChI=1S/C20H28N6O2/c1-15(17-7-9-21-10-8-17)11-18(27)24-20-23-14-26(25-20)13-19(28)22-12-16-5-3-2-4-6-16/h2-6,14-15,17,21H,7-13H2,1H3,(H,22,28)(H,24,25,27). The Bertz CT molecular complexity index is 770. The summed E-state index contributed by atoms with van der Waals surface area (Å²) >= 11 is 0. The van der Waals surface area contributed by atoms with Gasteiger partial charge in [0.05, 0.1) is 0 Å². The van der Waals surface area contributed by atoms with Gasteiger partial charge < -0.3 is 10.6 Å². The van der Waals surface area contributed by atoms with Gasteiger partial charge in [0.2, 0.25) is 17.8 Å². The summed E-state index contributed by atoms with van der Waals surface area (Å²) in [6.45, 7) is 4.69. The first kappa shape index (κ1) is 20.0. The molecule has 1 fully saturated rings. The molecule has 1 atom stereocenters. The predicted molar refractivity (Wildman–Crippen MR) is 106 cm³/mol. The highest BCUT2D eigenvalue weighted by Crippen LogP contribution is 2.24. The Balaban J connectivity index is 1.41. The van der Waals surface area contributed by atoms with E-state index >= 15 is 0 Å². The number of aromatic nitrogens is 3.